The minimum atomic E-state index is 0. The number of rotatable bonds is 13. The van der Waals surface area contributed by atoms with Crippen molar-refractivity contribution in [2.75, 3.05) is 40.8 Å². The normalized spacial score (nSPS) is 22.9. The summed E-state index contributed by atoms with van der Waals surface area (Å²) in [6.07, 6.45) is 15.1. The van der Waals surface area contributed by atoms with Crippen LogP contribution in [-0.2, 0) is 4.79 Å². The Kier molecular flexibility index (Phi) is 14.5. The maximum atomic E-state index is 12.8. The van der Waals surface area contributed by atoms with Crippen molar-refractivity contribution in [2.45, 2.75) is 97.8 Å². The summed E-state index contributed by atoms with van der Waals surface area (Å²) in [5.41, 5.74) is 0.342. The average Bonchev–Trinajstić information content (AvgIpc) is 2.59. The van der Waals surface area contributed by atoms with Crippen LogP contribution in [0.2, 0.25) is 0 Å². The minimum absolute atomic E-state index is 0. The van der Waals surface area contributed by atoms with Gasteiger partial charge in [-0.25, -0.2) is 4.79 Å². The zero-order chi connectivity index (χ0) is 20.3. The van der Waals surface area contributed by atoms with E-state index in [0.29, 0.717) is 15.8 Å². The van der Waals surface area contributed by atoms with Gasteiger partial charge < -0.3 is 28.9 Å². The van der Waals surface area contributed by atoms with E-state index in [1.165, 1.54) is 64.2 Å². The Bertz CT molecular complexity index is 415. The van der Waals surface area contributed by atoms with Crippen molar-refractivity contribution < 1.29 is 33.3 Å². The number of nitrogens with zero attached hydrogens (tertiary/aromatic N) is 2. The van der Waals surface area contributed by atoms with E-state index in [0.717, 1.165) is 38.4 Å². The molecule has 0 aliphatic carbocycles. The predicted molar refractivity (Wildman–Crippen MR) is 118 cm³/mol. The standard InChI is InChI=1S/C24H49N2O.HI/c1-7-8-9-10-11-12-13-14-15-16-23(27)26(6)19-17-22(18-20-26)24(2,3)21-25(4)5;/h22H,7-21H2,1-6H3;1H/q+1;/p-1. The van der Waals surface area contributed by atoms with Crippen LogP contribution in [0.1, 0.15) is 97.8 Å². The van der Waals surface area contributed by atoms with Crippen molar-refractivity contribution in [2.24, 2.45) is 11.3 Å². The first-order valence-electron chi connectivity index (χ1n) is 11.7. The lowest BCUT2D eigenvalue weighted by Gasteiger charge is -2.44. The fourth-order valence-corrected chi connectivity index (χ4v) is 4.97. The fourth-order valence-electron chi connectivity index (χ4n) is 4.97. The predicted octanol–water partition coefficient (Wildman–Crippen LogP) is 2.88. The molecule has 0 aromatic carbocycles. The summed E-state index contributed by atoms with van der Waals surface area (Å²) in [7, 11) is 6.52. The molecule has 1 aliphatic rings. The van der Waals surface area contributed by atoms with Gasteiger partial charge in [0, 0.05) is 19.4 Å². The average molecular weight is 509 g/mol. The third-order valence-electron chi connectivity index (χ3n) is 6.87. The molecule has 4 heteroatoms. The van der Waals surface area contributed by atoms with Gasteiger partial charge in [0.25, 0.3) is 0 Å². The molecule has 28 heavy (non-hydrogen) atoms. The maximum absolute atomic E-state index is 12.8. The Morgan fingerprint density at radius 2 is 1.39 bits per heavy atom. The van der Waals surface area contributed by atoms with Crippen molar-refractivity contribution in [3.8, 4) is 0 Å². The third-order valence-corrected chi connectivity index (χ3v) is 6.87. The van der Waals surface area contributed by atoms with Crippen LogP contribution in [0.5, 0.6) is 0 Å². The van der Waals surface area contributed by atoms with Crippen LogP contribution in [0.15, 0.2) is 0 Å². The van der Waals surface area contributed by atoms with Crippen LogP contribution in [0.25, 0.3) is 0 Å². The first kappa shape index (κ1) is 28.3. The highest BCUT2D eigenvalue weighted by atomic mass is 127. The van der Waals surface area contributed by atoms with Crippen molar-refractivity contribution in [3.05, 3.63) is 0 Å². The monoisotopic (exact) mass is 508 g/mol. The molecule has 0 aromatic rings. The highest BCUT2D eigenvalue weighted by molar-refractivity contribution is 5.68. The molecule has 0 N–H and O–H groups in total. The number of hydrogen-bond donors (Lipinski definition) is 0. The molecular formula is C24H49IN2O. The largest absolute Gasteiger partial charge is 1.00 e. The Hall–Kier alpha value is 0.320. The Balaban J connectivity index is 0.00000729. The molecule has 1 saturated heterocycles. The smallest absolute Gasteiger partial charge is 0.313 e. The molecule has 3 nitrogen and oxygen atoms in total. The van der Waals surface area contributed by atoms with Crippen LogP contribution in [-0.4, -0.2) is 56.1 Å². The van der Waals surface area contributed by atoms with Gasteiger partial charge in [-0.1, -0.05) is 72.1 Å². The zero-order valence-corrected chi connectivity index (χ0v) is 22.0. The van der Waals surface area contributed by atoms with E-state index in [1.54, 1.807) is 0 Å². The lowest BCUT2D eigenvalue weighted by atomic mass is 9.73. The number of halogens is 1. The topological polar surface area (TPSA) is 20.3 Å². The molecule has 0 aromatic heterocycles. The lowest BCUT2D eigenvalue weighted by molar-refractivity contribution is -0.842. The summed E-state index contributed by atoms with van der Waals surface area (Å²) in [5.74, 6) is 1.23. The van der Waals surface area contributed by atoms with Crippen molar-refractivity contribution in [1.82, 2.24) is 4.90 Å². The van der Waals surface area contributed by atoms with Gasteiger partial charge in [-0.05, 0) is 31.8 Å². The van der Waals surface area contributed by atoms with Gasteiger partial charge in [0.2, 0.25) is 0 Å². The molecular weight excluding hydrogens is 459 g/mol. The van der Waals surface area contributed by atoms with Gasteiger partial charge in [0.05, 0.1) is 26.6 Å². The second-order valence-corrected chi connectivity index (χ2v) is 10.3. The Morgan fingerprint density at radius 1 is 0.929 bits per heavy atom. The highest BCUT2D eigenvalue weighted by Crippen LogP contribution is 2.37. The van der Waals surface area contributed by atoms with Crippen LogP contribution >= 0.6 is 0 Å². The number of unbranched alkanes of at least 4 members (excludes halogenated alkanes) is 8. The summed E-state index contributed by atoms with van der Waals surface area (Å²) in [6.45, 7) is 10.3. The molecule has 0 atom stereocenters. The number of carbonyl (C=O) groups is 1. The van der Waals surface area contributed by atoms with Crippen molar-refractivity contribution in [3.63, 3.8) is 0 Å². The molecule has 0 radical (unpaired) electrons. The lowest BCUT2D eigenvalue weighted by Crippen LogP contribution is -3.00. The second-order valence-electron chi connectivity index (χ2n) is 10.3. The molecule has 0 spiro atoms. The molecule has 168 valence electrons. The van der Waals surface area contributed by atoms with Gasteiger partial charge in [0.1, 0.15) is 0 Å². The van der Waals surface area contributed by atoms with Crippen LogP contribution < -0.4 is 24.0 Å². The van der Waals surface area contributed by atoms with Crippen molar-refractivity contribution in [1.29, 1.82) is 0 Å². The van der Waals surface area contributed by atoms with Gasteiger partial charge in [-0.3, -0.25) is 4.48 Å². The van der Waals surface area contributed by atoms with E-state index < -0.39 is 0 Å². The number of hydrogen-bond acceptors (Lipinski definition) is 2. The van der Waals surface area contributed by atoms with Gasteiger partial charge in [0.15, 0.2) is 0 Å². The maximum Gasteiger partial charge on any atom is 0.313 e. The van der Waals surface area contributed by atoms with E-state index >= 15 is 0 Å². The molecule has 1 heterocycles. The van der Waals surface area contributed by atoms with Crippen LogP contribution in [0.3, 0.4) is 0 Å². The summed E-state index contributed by atoms with van der Waals surface area (Å²) in [6, 6.07) is 0. The highest BCUT2D eigenvalue weighted by Gasteiger charge is 2.41. The van der Waals surface area contributed by atoms with Crippen molar-refractivity contribution >= 4 is 5.91 Å². The Labute approximate surface area is 193 Å². The quantitative estimate of drug-likeness (QED) is 0.217. The summed E-state index contributed by atoms with van der Waals surface area (Å²) in [5, 5.41) is 0. The molecule has 0 unspecified atom stereocenters. The number of piperidine rings is 1. The summed E-state index contributed by atoms with van der Waals surface area (Å²) < 4.78 is 0.686. The fraction of sp³-hybridized carbons (Fsp3) is 0.958. The second kappa shape index (κ2) is 14.3. The first-order chi connectivity index (χ1) is 12.7. The molecule has 1 rings (SSSR count). The number of carbonyl (C=O) groups excluding carboxylic acids is 1. The molecule has 0 bridgehead atoms. The third kappa shape index (κ3) is 10.4. The molecule has 1 fully saturated rings. The van der Waals surface area contributed by atoms with E-state index in [-0.39, 0.29) is 24.0 Å². The number of amides is 1. The number of quaternary nitrogens is 1. The zero-order valence-electron chi connectivity index (χ0n) is 19.9. The summed E-state index contributed by atoms with van der Waals surface area (Å²) >= 11 is 0. The summed E-state index contributed by atoms with van der Waals surface area (Å²) in [4.78, 5) is 15.1. The van der Waals surface area contributed by atoms with E-state index in [1.807, 2.05) is 0 Å². The molecule has 0 saturated carbocycles. The van der Waals surface area contributed by atoms with Crippen LogP contribution in [0.4, 0.5) is 0 Å². The van der Waals surface area contributed by atoms with E-state index in [4.69, 9.17) is 0 Å². The van der Waals surface area contributed by atoms with E-state index in [2.05, 4.69) is 46.8 Å². The van der Waals surface area contributed by atoms with Gasteiger partial charge >= 0.3 is 5.91 Å². The number of likely N-dealkylation sites (tertiary alicyclic amines) is 1. The van der Waals surface area contributed by atoms with Gasteiger partial charge in [-0.15, -0.1) is 0 Å². The SMILES string of the molecule is CCCCCCCCCCCC(=O)[N+]1(C)CCC(C(C)(C)CN(C)C)CC1.[I-]. The molecule has 1 amide bonds. The van der Waals surface area contributed by atoms with E-state index in [9.17, 15) is 4.79 Å². The minimum Gasteiger partial charge on any atom is -1.00 e. The first-order valence-corrected chi connectivity index (χ1v) is 11.7. The Morgan fingerprint density at radius 3 is 1.86 bits per heavy atom. The van der Waals surface area contributed by atoms with Crippen LogP contribution in [0, 0.1) is 11.3 Å². The van der Waals surface area contributed by atoms with Gasteiger partial charge in [-0.2, -0.15) is 0 Å². The molecule has 1 aliphatic heterocycles.